The van der Waals surface area contributed by atoms with Gasteiger partial charge in [0.1, 0.15) is 24.0 Å². The molecule has 0 saturated heterocycles. The third-order valence-electron chi connectivity index (χ3n) is 3.57. The van der Waals surface area contributed by atoms with E-state index in [1.165, 1.54) is 30.3 Å². The molecule has 2 aromatic rings. The van der Waals surface area contributed by atoms with Crippen LogP contribution in [0.25, 0.3) is 0 Å². The van der Waals surface area contributed by atoms with E-state index in [9.17, 15) is 26.7 Å². The number of amides is 1. The van der Waals surface area contributed by atoms with Gasteiger partial charge in [-0.25, -0.2) is 8.78 Å². The van der Waals surface area contributed by atoms with Crippen LogP contribution < -0.4 is 15.8 Å². The van der Waals surface area contributed by atoms with Crippen molar-refractivity contribution in [3.8, 4) is 5.75 Å². The molecule has 0 aliphatic carbocycles. The van der Waals surface area contributed by atoms with E-state index in [0.29, 0.717) is 11.8 Å². The van der Waals surface area contributed by atoms with Gasteiger partial charge >= 0.3 is 6.18 Å². The van der Waals surface area contributed by atoms with Gasteiger partial charge in [-0.05, 0) is 54.1 Å². The van der Waals surface area contributed by atoms with E-state index in [0.717, 1.165) is 12.1 Å². The highest BCUT2D eigenvalue weighted by Crippen LogP contribution is 2.30. The average molecular weight is 437 g/mol. The molecule has 0 aliphatic heterocycles. The molecule has 2 rings (SSSR count). The molecule has 0 fully saturated rings. The van der Waals surface area contributed by atoms with E-state index in [2.05, 4.69) is 5.32 Å². The van der Waals surface area contributed by atoms with Crippen molar-refractivity contribution in [1.29, 1.82) is 0 Å². The molecule has 3 N–H and O–H groups in total. The molecule has 0 bridgehead atoms. The van der Waals surface area contributed by atoms with E-state index >= 15 is 0 Å². The highest BCUT2D eigenvalue weighted by Gasteiger charge is 2.31. The molecule has 0 saturated carbocycles. The average Bonchev–Trinajstić information content (AvgIpc) is 2.64. The number of carbonyl (C=O) groups excluding carboxylic acids is 1. The van der Waals surface area contributed by atoms with Crippen molar-refractivity contribution in [2.45, 2.75) is 12.7 Å². The summed E-state index contributed by atoms with van der Waals surface area (Å²) in [6.45, 7) is -0.541. The molecular formula is C19H18ClF5N2O2. The molecule has 4 nitrogen and oxygen atoms in total. The van der Waals surface area contributed by atoms with Crippen LogP contribution in [0.5, 0.6) is 5.75 Å². The smallest absolute Gasteiger partial charge is 0.416 e. The summed E-state index contributed by atoms with van der Waals surface area (Å²) in [4.78, 5) is 12.1. The second-order valence-electron chi connectivity index (χ2n) is 5.73. The monoisotopic (exact) mass is 436 g/mol. The number of benzene rings is 2. The molecule has 158 valence electrons. The Bertz CT molecular complexity index is 855. The lowest BCUT2D eigenvalue weighted by Gasteiger charge is -2.11. The van der Waals surface area contributed by atoms with Gasteiger partial charge in [0.15, 0.2) is 0 Å². The molecule has 2 aromatic carbocycles. The summed E-state index contributed by atoms with van der Waals surface area (Å²) in [6, 6.07) is 7.75. The van der Waals surface area contributed by atoms with Gasteiger partial charge in [-0.2, -0.15) is 13.2 Å². The first kappa shape index (κ1) is 24.4. The summed E-state index contributed by atoms with van der Waals surface area (Å²) in [5.74, 6) is -1.83. The number of nitrogens with two attached hydrogens (primary N) is 1. The third-order valence-corrected chi connectivity index (χ3v) is 3.57. The van der Waals surface area contributed by atoms with Crippen LogP contribution >= 0.6 is 12.4 Å². The van der Waals surface area contributed by atoms with Gasteiger partial charge in [0.25, 0.3) is 5.91 Å². The predicted molar refractivity (Wildman–Crippen MR) is 100 cm³/mol. The van der Waals surface area contributed by atoms with Crippen LogP contribution in [0.4, 0.5) is 22.0 Å². The van der Waals surface area contributed by atoms with Gasteiger partial charge in [-0.1, -0.05) is 0 Å². The molecular weight excluding hydrogens is 419 g/mol. The second kappa shape index (κ2) is 10.8. The second-order valence-corrected chi connectivity index (χ2v) is 5.73. The fourth-order valence-electron chi connectivity index (χ4n) is 2.24. The van der Waals surface area contributed by atoms with Crippen molar-refractivity contribution in [2.75, 3.05) is 13.2 Å². The van der Waals surface area contributed by atoms with Crippen LogP contribution in [0.2, 0.25) is 0 Å². The Morgan fingerprint density at radius 2 is 1.79 bits per heavy atom. The summed E-state index contributed by atoms with van der Waals surface area (Å²) in [5.41, 5.74) is 4.22. The first-order valence-electron chi connectivity index (χ1n) is 8.11. The summed E-state index contributed by atoms with van der Waals surface area (Å²) in [7, 11) is 0. The first-order valence-corrected chi connectivity index (χ1v) is 8.11. The molecule has 0 aromatic heterocycles. The maximum atomic E-state index is 13.4. The SMILES string of the molecule is Cl.NCC=C(F)COc1ccc(C(=O)NCc2cc(F)cc(C(F)(F)F)c2)cc1. The Labute approximate surface area is 169 Å². The number of hydrogen-bond donors (Lipinski definition) is 2. The molecule has 0 heterocycles. The molecule has 0 atom stereocenters. The number of alkyl halides is 3. The van der Waals surface area contributed by atoms with Crippen molar-refractivity contribution in [2.24, 2.45) is 5.73 Å². The fraction of sp³-hybridized carbons (Fsp3) is 0.211. The first-order chi connectivity index (χ1) is 13.2. The van der Waals surface area contributed by atoms with Crippen LogP contribution in [0, 0.1) is 5.82 Å². The van der Waals surface area contributed by atoms with E-state index in [4.69, 9.17) is 10.5 Å². The Morgan fingerprint density at radius 3 is 2.38 bits per heavy atom. The number of carbonyl (C=O) groups is 1. The van der Waals surface area contributed by atoms with Gasteiger partial charge in [0.2, 0.25) is 0 Å². The Morgan fingerprint density at radius 1 is 1.14 bits per heavy atom. The van der Waals surface area contributed by atoms with Gasteiger partial charge in [-0.3, -0.25) is 4.79 Å². The standard InChI is InChI=1S/C19H17F5N2O2.ClH/c20-15(5-6-25)11-28-17-3-1-13(2-4-17)18(27)26-10-12-7-14(19(22,23)24)9-16(21)8-12;/h1-5,7-9H,6,10-11,25H2,(H,26,27);1H. The number of rotatable bonds is 7. The molecule has 10 heteroatoms. The Balaban J connectivity index is 0.00000420. The summed E-state index contributed by atoms with van der Waals surface area (Å²) in [6.07, 6.45) is -3.52. The fourth-order valence-corrected chi connectivity index (χ4v) is 2.24. The summed E-state index contributed by atoms with van der Waals surface area (Å²) < 4.78 is 69.8. The zero-order chi connectivity index (χ0) is 20.7. The van der Waals surface area contributed by atoms with Crippen LogP contribution in [0.3, 0.4) is 0 Å². The Kier molecular flexibility index (Phi) is 9.06. The summed E-state index contributed by atoms with van der Waals surface area (Å²) >= 11 is 0. The van der Waals surface area contributed by atoms with Crippen LogP contribution in [-0.2, 0) is 12.7 Å². The number of hydrogen-bond acceptors (Lipinski definition) is 3. The van der Waals surface area contributed by atoms with Crippen molar-refractivity contribution >= 4 is 18.3 Å². The maximum Gasteiger partial charge on any atom is 0.416 e. The van der Waals surface area contributed by atoms with Crippen molar-refractivity contribution in [3.05, 3.63) is 76.9 Å². The minimum Gasteiger partial charge on any atom is -0.487 e. The topological polar surface area (TPSA) is 64.3 Å². The van der Waals surface area contributed by atoms with E-state index in [1.54, 1.807) is 0 Å². The number of nitrogens with one attached hydrogen (secondary N) is 1. The molecule has 0 spiro atoms. The number of ether oxygens (including phenoxy) is 1. The molecule has 0 aliphatic rings. The van der Waals surface area contributed by atoms with Gasteiger partial charge in [-0.15, -0.1) is 12.4 Å². The van der Waals surface area contributed by atoms with Crippen LogP contribution in [-0.4, -0.2) is 19.1 Å². The zero-order valence-electron chi connectivity index (χ0n) is 14.9. The molecule has 29 heavy (non-hydrogen) atoms. The van der Waals surface area contributed by atoms with E-state index in [-0.39, 0.29) is 43.2 Å². The van der Waals surface area contributed by atoms with Gasteiger partial charge in [0, 0.05) is 18.7 Å². The zero-order valence-corrected chi connectivity index (χ0v) is 15.7. The maximum absolute atomic E-state index is 13.4. The Hall–Kier alpha value is -2.65. The normalized spacial score (nSPS) is 11.6. The minimum absolute atomic E-state index is 0. The largest absolute Gasteiger partial charge is 0.487 e. The lowest BCUT2D eigenvalue weighted by Crippen LogP contribution is -2.23. The van der Waals surface area contributed by atoms with Crippen molar-refractivity contribution in [3.63, 3.8) is 0 Å². The molecule has 1 amide bonds. The highest BCUT2D eigenvalue weighted by molar-refractivity contribution is 5.94. The van der Waals surface area contributed by atoms with Gasteiger partial charge in [0.05, 0.1) is 5.56 Å². The lowest BCUT2D eigenvalue weighted by molar-refractivity contribution is -0.137. The van der Waals surface area contributed by atoms with Crippen LogP contribution in [0.1, 0.15) is 21.5 Å². The predicted octanol–water partition coefficient (Wildman–Crippen LogP) is 4.39. The van der Waals surface area contributed by atoms with Gasteiger partial charge < -0.3 is 15.8 Å². The quantitative estimate of drug-likeness (QED) is 0.633. The molecule has 0 radical (unpaired) electrons. The molecule has 0 unspecified atom stereocenters. The minimum atomic E-state index is -4.69. The van der Waals surface area contributed by atoms with Crippen molar-refractivity contribution < 1.29 is 31.5 Å². The lowest BCUT2D eigenvalue weighted by atomic mass is 10.1. The third kappa shape index (κ3) is 7.71. The summed E-state index contributed by atoms with van der Waals surface area (Å²) in [5, 5.41) is 2.41. The van der Waals surface area contributed by atoms with E-state index in [1.807, 2.05) is 0 Å². The van der Waals surface area contributed by atoms with Crippen molar-refractivity contribution in [1.82, 2.24) is 5.32 Å². The highest BCUT2D eigenvalue weighted by atomic mass is 35.5. The van der Waals surface area contributed by atoms with Crippen LogP contribution in [0.15, 0.2) is 54.4 Å². The number of halogens is 6. The van der Waals surface area contributed by atoms with E-state index < -0.39 is 29.3 Å².